The van der Waals surface area contributed by atoms with Gasteiger partial charge in [0.05, 0.1) is 19.3 Å². The fourth-order valence-electron chi connectivity index (χ4n) is 2.84. The van der Waals surface area contributed by atoms with Crippen LogP contribution >= 0.6 is 0 Å². The van der Waals surface area contributed by atoms with Crippen LogP contribution in [-0.2, 0) is 16.2 Å². The number of hydrogen-bond donors (Lipinski definition) is 1. The standard InChI is InChI=1S/C16H19NO4/c18-15(19)17-14-6-8-16(21-17,9-7-14)10-11-20-12-13-4-2-1-3-5-13/h1-6,8,14H,7,9-12H2,(H,18,19)/t14-,16+/m1/s1. The minimum absolute atomic E-state index is 0.144. The number of rotatable bonds is 5. The predicted octanol–water partition coefficient (Wildman–Crippen LogP) is 2.98. The fourth-order valence-corrected chi connectivity index (χ4v) is 2.84. The van der Waals surface area contributed by atoms with Crippen molar-refractivity contribution in [3.8, 4) is 0 Å². The van der Waals surface area contributed by atoms with Crippen LogP contribution in [0.1, 0.15) is 24.8 Å². The number of carboxylic acid groups (broad SMARTS) is 1. The largest absolute Gasteiger partial charge is 0.463 e. The van der Waals surface area contributed by atoms with E-state index in [2.05, 4.69) is 0 Å². The molecule has 112 valence electrons. The van der Waals surface area contributed by atoms with E-state index in [1.807, 2.05) is 42.5 Å². The van der Waals surface area contributed by atoms with Gasteiger partial charge in [0.2, 0.25) is 0 Å². The minimum atomic E-state index is -1.03. The maximum absolute atomic E-state index is 11.1. The number of amides is 1. The van der Waals surface area contributed by atoms with Gasteiger partial charge in [-0.05, 0) is 18.4 Å². The second-order valence-electron chi connectivity index (χ2n) is 5.52. The number of hydroxylamine groups is 2. The number of benzene rings is 1. The topological polar surface area (TPSA) is 59.0 Å². The van der Waals surface area contributed by atoms with E-state index in [1.165, 1.54) is 0 Å². The third-order valence-corrected chi connectivity index (χ3v) is 4.04. The number of ether oxygens (including phenoxy) is 1. The monoisotopic (exact) mass is 289 g/mol. The molecule has 1 aromatic carbocycles. The van der Waals surface area contributed by atoms with Gasteiger partial charge in [-0.25, -0.2) is 4.79 Å². The Balaban J connectivity index is 1.52. The lowest BCUT2D eigenvalue weighted by molar-refractivity contribution is -0.257. The molecule has 1 aromatic rings. The first-order valence-electron chi connectivity index (χ1n) is 7.21. The van der Waals surface area contributed by atoms with Gasteiger partial charge in [0.25, 0.3) is 0 Å². The normalized spacial score (nSPS) is 27.0. The summed E-state index contributed by atoms with van der Waals surface area (Å²) in [6, 6.07) is 9.84. The highest BCUT2D eigenvalue weighted by molar-refractivity contribution is 5.65. The quantitative estimate of drug-likeness (QED) is 0.668. The third kappa shape index (κ3) is 3.09. The zero-order chi connectivity index (χ0) is 14.7. The van der Waals surface area contributed by atoms with Gasteiger partial charge in [-0.1, -0.05) is 42.5 Å². The fraction of sp³-hybridized carbons (Fsp3) is 0.438. The maximum atomic E-state index is 11.1. The Morgan fingerprint density at radius 1 is 1.43 bits per heavy atom. The Kier molecular flexibility index (Phi) is 3.94. The summed E-state index contributed by atoms with van der Waals surface area (Å²) in [5.74, 6) is 0. The van der Waals surface area contributed by atoms with E-state index in [1.54, 1.807) is 0 Å². The molecule has 21 heavy (non-hydrogen) atoms. The molecule has 4 rings (SSSR count). The van der Waals surface area contributed by atoms with E-state index in [4.69, 9.17) is 14.7 Å². The molecule has 0 radical (unpaired) electrons. The average molecular weight is 289 g/mol. The number of carbonyl (C=O) groups is 1. The smallest absolute Gasteiger partial charge is 0.432 e. The van der Waals surface area contributed by atoms with Crippen LogP contribution in [0.5, 0.6) is 0 Å². The van der Waals surface area contributed by atoms with Gasteiger partial charge < -0.3 is 9.84 Å². The van der Waals surface area contributed by atoms with Crippen molar-refractivity contribution >= 4 is 6.09 Å². The molecule has 1 N–H and O–H groups in total. The predicted molar refractivity (Wildman–Crippen MR) is 76.6 cm³/mol. The zero-order valence-corrected chi connectivity index (χ0v) is 11.8. The number of hydrogen-bond acceptors (Lipinski definition) is 3. The summed E-state index contributed by atoms with van der Waals surface area (Å²) in [7, 11) is 0. The first-order chi connectivity index (χ1) is 10.2. The summed E-state index contributed by atoms with van der Waals surface area (Å²) in [5, 5.41) is 10.2. The van der Waals surface area contributed by atoms with Gasteiger partial charge in [0.1, 0.15) is 5.60 Å². The van der Waals surface area contributed by atoms with Crippen LogP contribution in [0.25, 0.3) is 0 Å². The van der Waals surface area contributed by atoms with Crippen molar-refractivity contribution in [1.82, 2.24) is 5.06 Å². The van der Waals surface area contributed by atoms with Gasteiger partial charge in [-0.15, -0.1) is 0 Å². The second-order valence-corrected chi connectivity index (χ2v) is 5.52. The number of fused-ring (bicyclic) bond motifs is 2. The SMILES string of the molecule is O=C(O)N1O[C@@]2(CCOCc3ccccc3)C=C[C@@H]1CC2. The van der Waals surface area contributed by atoms with Crippen LogP contribution in [0.2, 0.25) is 0 Å². The Labute approximate surface area is 123 Å². The average Bonchev–Trinajstić information content (AvgIpc) is 2.53. The lowest BCUT2D eigenvalue weighted by atomic mass is 9.84. The summed E-state index contributed by atoms with van der Waals surface area (Å²) < 4.78 is 5.68. The second kappa shape index (κ2) is 5.87. The van der Waals surface area contributed by atoms with E-state index < -0.39 is 11.7 Å². The van der Waals surface area contributed by atoms with Crippen LogP contribution in [0.3, 0.4) is 0 Å². The Morgan fingerprint density at radius 3 is 2.90 bits per heavy atom. The third-order valence-electron chi connectivity index (χ3n) is 4.04. The summed E-state index contributed by atoms with van der Waals surface area (Å²) >= 11 is 0. The molecule has 2 heterocycles. The van der Waals surface area contributed by atoms with Crippen LogP contribution in [0.15, 0.2) is 42.5 Å². The van der Waals surface area contributed by atoms with Gasteiger partial charge in [0, 0.05) is 6.42 Å². The van der Waals surface area contributed by atoms with E-state index >= 15 is 0 Å². The van der Waals surface area contributed by atoms with Crippen molar-refractivity contribution in [2.24, 2.45) is 0 Å². The molecule has 2 aliphatic heterocycles. The van der Waals surface area contributed by atoms with Crippen molar-refractivity contribution < 1.29 is 19.5 Å². The van der Waals surface area contributed by atoms with E-state index in [-0.39, 0.29) is 6.04 Å². The summed E-state index contributed by atoms with van der Waals surface area (Å²) in [4.78, 5) is 16.8. The van der Waals surface area contributed by atoms with E-state index in [0.29, 0.717) is 19.6 Å². The minimum Gasteiger partial charge on any atom is -0.463 e. The Bertz CT molecular complexity index is 530. The van der Waals surface area contributed by atoms with Crippen molar-refractivity contribution in [3.05, 3.63) is 48.0 Å². The number of nitrogens with zero attached hydrogens (tertiary/aromatic N) is 1. The van der Waals surface area contributed by atoms with E-state index in [9.17, 15) is 4.79 Å². The van der Waals surface area contributed by atoms with Crippen molar-refractivity contribution in [2.45, 2.75) is 37.5 Å². The van der Waals surface area contributed by atoms with Crippen molar-refractivity contribution in [1.29, 1.82) is 0 Å². The van der Waals surface area contributed by atoms with E-state index in [0.717, 1.165) is 23.5 Å². The summed E-state index contributed by atoms with van der Waals surface area (Å²) in [6.07, 6.45) is 5.20. The molecule has 5 nitrogen and oxygen atoms in total. The van der Waals surface area contributed by atoms with Gasteiger partial charge in [0.15, 0.2) is 0 Å². The van der Waals surface area contributed by atoms with Crippen LogP contribution in [0.4, 0.5) is 4.79 Å². The summed E-state index contributed by atoms with van der Waals surface area (Å²) in [5.41, 5.74) is 0.607. The molecule has 1 amide bonds. The zero-order valence-electron chi connectivity index (χ0n) is 11.8. The lowest BCUT2D eigenvalue weighted by Gasteiger charge is -2.46. The molecule has 3 aliphatic rings. The molecule has 0 saturated carbocycles. The van der Waals surface area contributed by atoms with Gasteiger partial charge in [-0.2, -0.15) is 5.06 Å². The highest BCUT2D eigenvalue weighted by Crippen LogP contribution is 2.38. The highest BCUT2D eigenvalue weighted by Gasteiger charge is 2.44. The molecule has 1 fully saturated rings. The molecular weight excluding hydrogens is 270 g/mol. The first kappa shape index (κ1) is 14.1. The molecule has 0 spiro atoms. The Morgan fingerprint density at radius 2 is 2.24 bits per heavy atom. The molecule has 1 aliphatic carbocycles. The molecule has 2 atom stereocenters. The molecule has 2 bridgehead atoms. The van der Waals surface area contributed by atoms with Gasteiger partial charge in [-0.3, -0.25) is 4.84 Å². The van der Waals surface area contributed by atoms with Crippen LogP contribution in [-0.4, -0.2) is 34.5 Å². The molecule has 1 saturated heterocycles. The first-order valence-corrected chi connectivity index (χ1v) is 7.21. The maximum Gasteiger partial charge on any atom is 0.432 e. The molecule has 0 aromatic heterocycles. The summed E-state index contributed by atoms with van der Waals surface area (Å²) in [6.45, 7) is 1.10. The van der Waals surface area contributed by atoms with Crippen LogP contribution < -0.4 is 0 Å². The Hall–Kier alpha value is -1.85. The lowest BCUT2D eigenvalue weighted by Crippen LogP contribution is -2.54. The molecule has 0 unspecified atom stereocenters. The highest BCUT2D eigenvalue weighted by atomic mass is 16.7. The van der Waals surface area contributed by atoms with Crippen molar-refractivity contribution in [3.63, 3.8) is 0 Å². The van der Waals surface area contributed by atoms with Gasteiger partial charge >= 0.3 is 6.09 Å². The van der Waals surface area contributed by atoms with Crippen molar-refractivity contribution in [2.75, 3.05) is 6.61 Å². The molecule has 5 heteroatoms. The van der Waals surface area contributed by atoms with Crippen LogP contribution in [0, 0.1) is 0 Å². The molecular formula is C16H19NO4.